The first-order chi connectivity index (χ1) is 7.64. The summed E-state index contributed by atoms with van der Waals surface area (Å²) < 4.78 is 22.9. The van der Waals surface area contributed by atoms with Gasteiger partial charge in [0.1, 0.15) is 0 Å². The molecule has 1 N–H and O–H groups in total. The lowest BCUT2D eigenvalue weighted by Crippen LogP contribution is -2.30. The van der Waals surface area contributed by atoms with Gasteiger partial charge in [0.15, 0.2) is 9.84 Å². The first-order valence-electron chi connectivity index (χ1n) is 6.13. The van der Waals surface area contributed by atoms with Crippen LogP contribution in [0.15, 0.2) is 0 Å². The van der Waals surface area contributed by atoms with Gasteiger partial charge in [0.25, 0.3) is 0 Å². The van der Waals surface area contributed by atoms with E-state index in [0.29, 0.717) is 18.1 Å². The van der Waals surface area contributed by atoms with E-state index in [0.717, 1.165) is 18.9 Å². The van der Waals surface area contributed by atoms with Gasteiger partial charge in [0, 0.05) is 12.3 Å². The number of hydrogen-bond acceptors (Lipinski definition) is 4. The highest BCUT2D eigenvalue weighted by Gasteiger charge is 2.13. The minimum absolute atomic E-state index is 0.294. The van der Waals surface area contributed by atoms with Crippen molar-refractivity contribution in [2.75, 3.05) is 36.1 Å². The van der Waals surface area contributed by atoms with E-state index < -0.39 is 9.84 Å². The lowest BCUT2D eigenvalue weighted by Gasteiger charge is -2.21. The van der Waals surface area contributed by atoms with Gasteiger partial charge < -0.3 is 5.32 Å². The molecule has 0 amide bonds. The van der Waals surface area contributed by atoms with Crippen LogP contribution in [-0.2, 0) is 9.84 Å². The zero-order valence-electron chi connectivity index (χ0n) is 10.1. The van der Waals surface area contributed by atoms with Crippen molar-refractivity contribution >= 4 is 21.6 Å². The highest BCUT2D eigenvalue weighted by atomic mass is 32.2. The predicted molar refractivity (Wildman–Crippen MR) is 71.9 cm³/mol. The van der Waals surface area contributed by atoms with E-state index in [1.807, 2.05) is 18.7 Å². The smallest absolute Gasteiger partial charge is 0.151 e. The van der Waals surface area contributed by atoms with Crippen LogP contribution in [-0.4, -0.2) is 44.5 Å². The summed E-state index contributed by atoms with van der Waals surface area (Å²) in [5, 5.41) is 3.28. The number of thioether (sulfide) groups is 1. The van der Waals surface area contributed by atoms with Crippen LogP contribution in [0.3, 0.4) is 0 Å². The summed E-state index contributed by atoms with van der Waals surface area (Å²) >= 11 is 2.03. The minimum atomic E-state index is -2.80. The molecule has 3 nitrogen and oxygen atoms in total. The van der Waals surface area contributed by atoms with Crippen LogP contribution < -0.4 is 5.32 Å². The molecule has 0 radical (unpaired) electrons. The van der Waals surface area contributed by atoms with Crippen LogP contribution in [0.4, 0.5) is 0 Å². The van der Waals surface area contributed by atoms with E-state index >= 15 is 0 Å². The maximum Gasteiger partial charge on any atom is 0.151 e. The fraction of sp³-hybridized carbons (Fsp3) is 1.00. The normalized spacial score (nSPS) is 18.8. The molecular formula is C11H23NO2S2. The molecule has 0 saturated carbocycles. The van der Waals surface area contributed by atoms with E-state index in [4.69, 9.17) is 0 Å². The van der Waals surface area contributed by atoms with Crippen LogP contribution in [0.2, 0.25) is 0 Å². The van der Waals surface area contributed by atoms with Crippen molar-refractivity contribution in [1.29, 1.82) is 0 Å². The van der Waals surface area contributed by atoms with Crippen molar-refractivity contribution in [2.24, 2.45) is 5.92 Å². The van der Waals surface area contributed by atoms with E-state index in [-0.39, 0.29) is 0 Å². The SMILES string of the molecule is CCCS(=O)(=O)CCNCC1CCSCC1. The molecular weight excluding hydrogens is 242 g/mol. The summed E-state index contributed by atoms with van der Waals surface area (Å²) in [5.74, 6) is 3.91. The number of sulfone groups is 1. The van der Waals surface area contributed by atoms with Crippen LogP contribution in [0.5, 0.6) is 0 Å². The van der Waals surface area contributed by atoms with Gasteiger partial charge in [-0.25, -0.2) is 8.42 Å². The summed E-state index contributed by atoms with van der Waals surface area (Å²) in [6.45, 7) is 3.51. The molecule has 1 heterocycles. The van der Waals surface area contributed by atoms with Crippen molar-refractivity contribution < 1.29 is 8.42 Å². The Bertz CT molecular complexity index is 272. The molecule has 0 aromatic carbocycles. The predicted octanol–water partition coefficient (Wildman–Crippen LogP) is 1.54. The molecule has 0 unspecified atom stereocenters. The van der Waals surface area contributed by atoms with Gasteiger partial charge in [-0.15, -0.1) is 0 Å². The van der Waals surface area contributed by atoms with Gasteiger partial charge in [-0.1, -0.05) is 6.92 Å². The molecule has 1 fully saturated rings. The molecule has 0 aromatic heterocycles. The number of rotatable bonds is 7. The first kappa shape index (κ1) is 14.3. The molecule has 1 aliphatic rings. The second-order valence-corrected chi connectivity index (χ2v) is 7.94. The average Bonchev–Trinajstić information content (AvgIpc) is 2.26. The van der Waals surface area contributed by atoms with E-state index in [1.165, 1.54) is 24.3 Å². The summed E-state index contributed by atoms with van der Waals surface area (Å²) in [6, 6.07) is 0. The second kappa shape index (κ2) is 7.56. The summed E-state index contributed by atoms with van der Waals surface area (Å²) in [6.07, 6.45) is 3.28. The van der Waals surface area contributed by atoms with Crippen LogP contribution in [0.25, 0.3) is 0 Å². The largest absolute Gasteiger partial charge is 0.315 e. The Hall–Kier alpha value is 0.260. The van der Waals surface area contributed by atoms with Crippen LogP contribution >= 0.6 is 11.8 Å². The van der Waals surface area contributed by atoms with Crippen molar-refractivity contribution in [3.63, 3.8) is 0 Å². The topological polar surface area (TPSA) is 46.2 Å². The molecule has 5 heteroatoms. The van der Waals surface area contributed by atoms with Crippen LogP contribution in [0.1, 0.15) is 26.2 Å². The zero-order valence-corrected chi connectivity index (χ0v) is 11.7. The maximum absolute atomic E-state index is 11.4. The highest BCUT2D eigenvalue weighted by molar-refractivity contribution is 7.99. The van der Waals surface area contributed by atoms with Crippen LogP contribution in [0, 0.1) is 5.92 Å². The molecule has 0 spiro atoms. The second-order valence-electron chi connectivity index (χ2n) is 4.41. The van der Waals surface area contributed by atoms with Gasteiger partial charge in [0.2, 0.25) is 0 Å². The monoisotopic (exact) mass is 265 g/mol. The maximum atomic E-state index is 11.4. The molecule has 0 aliphatic carbocycles. The Morgan fingerprint density at radius 2 is 1.94 bits per heavy atom. The molecule has 0 bridgehead atoms. The summed E-state index contributed by atoms with van der Waals surface area (Å²) in [5.41, 5.74) is 0. The number of hydrogen-bond donors (Lipinski definition) is 1. The van der Waals surface area contributed by atoms with Gasteiger partial charge in [-0.2, -0.15) is 11.8 Å². The van der Waals surface area contributed by atoms with Gasteiger partial charge >= 0.3 is 0 Å². The third-order valence-electron chi connectivity index (χ3n) is 2.88. The Labute approximate surface area is 104 Å². The Kier molecular flexibility index (Phi) is 6.77. The highest BCUT2D eigenvalue weighted by Crippen LogP contribution is 2.21. The molecule has 0 aromatic rings. The third-order valence-corrected chi connectivity index (χ3v) is 5.78. The summed E-state index contributed by atoms with van der Waals surface area (Å²) in [7, 11) is -2.80. The summed E-state index contributed by atoms with van der Waals surface area (Å²) in [4.78, 5) is 0. The molecule has 1 rings (SSSR count). The number of nitrogens with one attached hydrogen (secondary N) is 1. The lowest BCUT2D eigenvalue weighted by atomic mass is 10.0. The molecule has 1 saturated heterocycles. The Balaban J connectivity index is 2.06. The van der Waals surface area contributed by atoms with E-state index in [1.54, 1.807) is 0 Å². The fourth-order valence-corrected chi connectivity index (χ4v) is 4.38. The first-order valence-corrected chi connectivity index (χ1v) is 9.10. The van der Waals surface area contributed by atoms with Crippen molar-refractivity contribution in [3.8, 4) is 0 Å². The van der Waals surface area contributed by atoms with E-state index in [9.17, 15) is 8.42 Å². The standard InChI is InChI=1S/C11H23NO2S2/c1-2-8-16(13,14)9-5-12-10-11-3-6-15-7-4-11/h11-12H,2-10H2,1H3. The van der Waals surface area contributed by atoms with Gasteiger partial charge in [-0.05, 0) is 43.2 Å². The molecule has 1 aliphatic heterocycles. The van der Waals surface area contributed by atoms with Crippen molar-refractivity contribution in [1.82, 2.24) is 5.32 Å². The fourth-order valence-electron chi connectivity index (χ4n) is 1.90. The lowest BCUT2D eigenvalue weighted by molar-refractivity contribution is 0.454. The minimum Gasteiger partial charge on any atom is -0.315 e. The quantitative estimate of drug-likeness (QED) is 0.709. The zero-order chi connectivity index (χ0) is 11.9. The third kappa shape index (κ3) is 6.11. The van der Waals surface area contributed by atoms with E-state index in [2.05, 4.69) is 5.32 Å². The molecule has 0 atom stereocenters. The molecule has 96 valence electrons. The van der Waals surface area contributed by atoms with Crippen molar-refractivity contribution in [2.45, 2.75) is 26.2 Å². The molecule has 16 heavy (non-hydrogen) atoms. The van der Waals surface area contributed by atoms with Gasteiger partial charge in [0.05, 0.1) is 5.75 Å². The Morgan fingerprint density at radius 1 is 1.25 bits per heavy atom. The van der Waals surface area contributed by atoms with Gasteiger partial charge in [-0.3, -0.25) is 0 Å². The van der Waals surface area contributed by atoms with Crippen molar-refractivity contribution in [3.05, 3.63) is 0 Å². The Morgan fingerprint density at radius 3 is 2.56 bits per heavy atom. The average molecular weight is 265 g/mol.